The van der Waals surface area contributed by atoms with Gasteiger partial charge >= 0.3 is 0 Å². The van der Waals surface area contributed by atoms with Crippen molar-refractivity contribution < 1.29 is 4.79 Å². The van der Waals surface area contributed by atoms with E-state index in [-0.39, 0.29) is 16.6 Å². The Morgan fingerprint density at radius 1 is 1.42 bits per heavy atom. The molecule has 1 amide bonds. The van der Waals surface area contributed by atoms with Crippen molar-refractivity contribution in [3.05, 3.63) is 27.4 Å². The molecule has 102 valence electrons. The lowest BCUT2D eigenvalue weighted by Crippen LogP contribution is -2.30. The van der Waals surface area contributed by atoms with Crippen LogP contribution in [-0.2, 0) is 11.3 Å². The minimum atomic E-state index is -0.166. The zero-order valence-corrected chi connectivity index (χ0v) is 11.3. The van der Waals surface area contributed by atoms with E-state index < -0.39 is 0 Å². The highest BCUT2D eigenvalue weighted by molar-refractivity contribution is 6.29. The number of aromatic nitrogens is 2. The summed E-state index contributed by atoms with van der Waals surface area (Å²) in [5.41, 5.74) is -0.166. The van der Waals surface area contributed by atoms with Crippen molar-refractivity contribution in [2.75, 3.05) is 0 Å². The molecule has 2 saturated carbocycles. The number of hydrogen-bond donors (Lipinski definition) is 1. The molecule has 2 aliphatic carbocycles. The Balaban J connectivity index is 1.71. The second-order valence-corrected chi connectivity index (χ2v) is 5.68. The first-order chi connectivity index (χ1) is 9.13. The summed E-state index contributed by atoms with van der Waals surface area (Å²) in [5.74, 6) is 1.07. The molecule has 1 aromatic rings. The van der Waals surface area contributed by atoms with E-state index in [9.17, 15) is 9.59 Å². The topological polar surface area (TPSA) is 64.0 Å². The van der Waals surface area contributed by atoms with Gasteiger partial charge in [0.25, 0.3) is 5.56 Å². The zero-order chi connectivity index (χ0) is 13.4. The Labute approximate surface area is 116 Å². The van der Waals surface area contributed by atoms with Crippen molar-refractivity contribution >= 4 is 17.5 Å². The monoisotopic (exact) mass is 281 g/mol. The van der Waals surface area contributed by atoms with Crippen LogP contribution in [0.2, 0.25) is 5.15 Å². The Morgan fingerprint density at radius 3 is 2.79 bits per heavy atom. The summed E-state index contributed by atoms with van der Waals surface area (Å²) >= 11 is 5.83. The van der Waals surface area contributed by atoms with Gasteiger partial charge in [-0.1, -0.05) is 11.6 Å². The van der Waals surface area contributed by atoms with Crippen LogP contribution in [0, 0.1) is 0 Å². The number of halogens is 1. The molecular weight excluding hydrogens is 266 g/mol. The molecule has 0 bridgehead atoms. The van der Waals surface area contributed by atoms with Crippen molar-refractivity contribution in [2.24, 2.45) is 0 Å². The van der Waals surface area contributed by atoms with Crippen LogP contribution in [0.5, 0.6) is 0 Å². The summed E-state index contributed by atoms with van der Waals surface area (Å²) in [7, 11) is 0. The van der Waals surface area contributed by atoms with Crippen LogP contribution in [0.15, 0.2) is 10.9 Å². The molecule has 2 aliphatic rings. The summed E-state index contributed by atoms with van der Waals surface area (Å²) in [6.45, 7) is 0.382. The minimum absolute atomic E-state index is 0.00565. The number of carbonyl (C=O) groups is 1. The van der Waals surface area contributed by atoms with E-state index in [1.54, 1.807) is 4.57 Å². The molecule has 2 fully saturated rings. The number of carbonyl (C=O) groups excluding carboxylic acids is 1. The molecule has 6 heteroatoms. The lowest BCUT2D eigenvalue weighted by molar-refractivity contribution is -0.121. The van der Waals surface area contributed by atoms with Gasteiger partial charge in [0.05, 0.1) is 0 Å². The van der Waals surface area contributed by atoms with E-state index in [4.69, 9.17) is 11.6 Å². The highest BCUT2D eigenvalue weighted by Crippen LogP contribution is 2.38. The Hall–Kier alpha value is -1.36. The van der Waals surface area contributed by atoms with Crippen LogP contribution < -0.4 is 10.9 Å². The molecule has 5 nitrogen and oxygen atoms in total. The first-order valence-electron chi connectivity index (χ1n) is 6.70. The van der Waals surface area contributed by atoms with E-state index in [0.29, 0.717) is 24.9 Å². The third kappa shape index (κ3) is 3.15. The van der Waals surface area contributed by atoms with Gasteiger partial charge in [-0.2, -0.15) is 0 Å². The van der Waals surface area contributed by atoms with Crippen LogP contribution in [0.4, 0.5) is 0 Å². The van der Waals surface area contributed by atoms with Crippen molar-refractivity contribution in [1.29, 1.82) is 0 Å². The molecule has 0 unspecified atom stereocenters. The van der Waals surface area contributed by atoms with Crippen LogP contribution >= 0.6 is 11.6 Å². The number of rotatable bonds is 5. The summed E-state index contributed by atoms with van der Waals surface area (Å²) in [4.78, 5) is 27.9. The van der Waals surface area contributed by atoms with Gasteiger partial charge in [0.2, 0.25) is 5.91 Å². The predicted molar refractivity (Wildman–Crippen MR) is 71.3 cm³/mol. The van der Waals surface area contributed by atoms with Gasteiger partial charge in [-0.25, -0.2) is 4.98 Å². The molecule has 3 rings (SSSR count). The van der Waals surface area contributed by atoms with Crippen LogP contribution in [0.25, 0.3) is 0 Å². The second kappa shape index (κ2) is 4.96. The fraction of sp³-hybridized carbons (Fsp3) is 0.615. The van der Waals surface area contributed by atoms with Crippen LogP contribution in [0.1, 0.15) is 43.8 Å². The van der Waals surface area contributed by atoms with E-state index >= 15 is 0 Å². The van der Waals surface area contributed by atoms with E-state index in [2.05, 4.69) is 10.3 Å². The fourth-order valence-corrected chi connectivity index (χ4v) is 2.29. The zero-order valence-electron chi connectivity index (χ0n) is 10.6. The molecule has 0 radical (unpaired) electrons. The Kier molecular flexibility index (Phi) is 3.31. The average Bonchev–Trinajstić information content (AvgIpc) is 3.21. The standard InChI is InChI=1S/C13H16ClN3O2/c14-10-7-12(19)17(13(16-10)8-1-2-8)6-5-11(18)15-9-3-4-9/h7-9H,1-6H2,(H,15,18). The molecular formula is C13H16ClN3O2. The smallest absolute Gasteiger partial charge is 0.255 e. The minimum Gasteiger partial charge on any atom is -0.353 e. The summed E-state index contributed by atoms with van der Waals surface area (Å²) < 4.78 is 1.59. The molecule has 1 N–H and O–H groups in total. The van der Waals surface area contributed by atoms with Gasteiger partial charge in [0, 0.05) is 31.0 Å². The molecule has 0 saturated heterocycles. The lowest BCUT2D eigenvalue weighted by atomic mass is 10.3. The van der Waals surface area contributed by atoms with E-state index in [1.165, 1.54) is 6.07 Å². The van der Waals surface area contributed by atoms with Crippen molar-refractivity contribution in [3.8, 4) is 0 Å². The quantitative estimate of drug-likeness (QED) is 0.831. The fourth-order valence-electron chi connectivity index (χ4n) is 2.11. The summed E-state index contributed by atoms with van der Waals surface area (Å²) in [6, 6.07) is 1.67. The Bertz CT molecular complexity index is 561. The van der Waals surface area contributed by atoms with Crippen molar-refractivity contribution in [1.82, 2.24) is 14.9 Å². The third-order valence-corrected chi connectivity index (χ3v) is 3.65. The first kappa shape index (κ1) is 12.7. The average molecular weight is 282 g/mol. The Morgan fingerprint density at radius 2 is 2.16 bits per heavy atom. The van der Waals surface area contributed by atoms with Gasteiger partial charge in [-0.3, -0.25) is 14.2 Å². The van der Waals surface area contributed by atoms with Crippen molar-refractivity contribution in [2.45, 2.75) is 50.6 Å². The normalized spacial score (nSPS) is 18.4. The molecule has 0 spiro atoms. The van der Waals surface area contributed by atoms with Crippen molar-refractivity contribution in [3.63, 3.8) is 0 Å². The number of amides is 1. The maximum absolute atomic E-state index is 11.9. The summed E-state index contributed by atoms with van der Waals surface area (Å²) in [5, 5.41) is 3.16. The van der Waals surface area contributed by atoms with E-state index in [0.717, 1.165) is 31.5 Å². The SMILES string of the molecule is O=C(CCn1c(C2CC2)nc(Cl)cc1=O)NC1CC1. The molecule has 1 aromatic heterocycles. The van der Waals surface area contributed by atoms with Gasteiger partial charge < -0.3 is 5.32 Å². The molecule has 0 atom stereocenters. The molecule has 0 aliphatic heterocycles. The third-order valence-electron chi connectivity index (χ3n) is 3.45. The predicted octanol–water partition coefficient (Wildman–Crippen LogP) is 1.44. The van der Waals surface area contributed by atoms with Gasteiger partial charge in [0.1, 0.15) is 11.0 Å². The van der Waals surface area contributed by atoms with Crippen LogP contribution in [-0.4, -0.2) is 21.5 Å². The lowest BCUT2D eigenvalue weighted by Gasteiger charge is -2.11. The highest BCUT2D eigenvalue weighted by Gasteiger charge is 2.29. The van der Waals surface area contributed by atoms with Gasteiger partial charge in [-0.15, -0.1) is 0 Å². The second-order valence-electron chi connectivity index (χ2n) is 5.29. The number of hydrogen-bond acceptors (Lipinski definition) is 3. The van der Waals surface area contributed by atoms with Crippen LogP contribution in [0.3, 0.4) is 0 Å². The molecule has 1 heterocycles. The van der Waals surface area contributed by atoms with E-state index in [1.807, 2.05) is 0 Å². The number of nitrogens with one attached hydrogen (secondary N) is 1. The maximum atomic E-state index is 11.9. The van der Waals surface area contributed by atoms with Gasteiger partial charge in [0.15, 0.2) is 0 Å². The number of nitrogens with zero attached hydrogens (tertiary/aromatic N) is 2. The van der Waals surface area contributed by atoms with Gasteiger partial charge in [-0.05, 0) is 25.7 Å². The maximum Gasteiger partial charge on any atom is 0.255 e. The first-order valence-corrected chi connectivity index (χ1v) is 7.08. The highest BCUT2D eigenvalue weighted by atomic mass is 35.5. The molecule has 0 aromatic carbocycles. The largest absolute Gasteiger partial charge is 0.353 e. The molecule has 19 heavy (non-hydrogen) atoms. The summed E-state index contributed by atoms with van der Waals surface area (Å²) in [6.07, 6.45) is 4.55.